The van der Waals surface area contributed by atoms with Crippen molar-refractivity contribution in [3.63, 3.8) is 0 Å². The summed E-state index contributed by atoms with van der Waals surface area (Å²) < 4.78 is 26.1. The average Bonchev–Trinajstić information content (AvgIpc) is 2.58. The lowest BCUT2D eigenvalue weighted by Gasteiger charge is -2.37. The van der Waals surface area contributed by atoms with Crippen LogP contribution in [0.15, 0.2) is 18.2 Å². The Morgan fingerprint density at radius 3 is 2.39 bits per heavy atom. The van der Waals surface area contributed by atoms with Crippen molar-refractivity contribution in [3.8, 4) is 0 Å². The van der Waals surface area contributed by atoms with Crippen molar-refractivity contribution in [1.29, 1.82) is 0 Å². The van der Waals surface area contributed by atoms with Crippen LogP contribution in [0.5, 0.6) is 0 Å². The molecule has 18 heavy (non-hydrogen) atoms. The number of nitrogens with zero attached hydrogens (tertiary/aromatic N) is 1. The second-order valence-corrected chi connectivity index (χ2v) is 5.54. The van der Waals surface area contributed by atoms with Crippen molar-refractivity contribution >= 4 is 0 Å². The lowest BCUT2D eigenvalue weighted by atomic mass is 9.97. The van der Waals surface area contributed by atoms with Gasteiger partial charge in [0.15, 0.2) is 11.6 Å². The van der Waals surface area contributed by atoms with E-state index in [0.717, 1.165) is 18.4 Å². The van der Waals surface area contributed by atoms with Gasteiger partial charge in [0.05, 0.1) is 0 Å². The highest BCUT2D eigenvalue weighted by Crippen LogP contribution is 2.36. The zero-order valence-corrected chi connectivity index (χ0v) is 10.3. The maximum atomic E-state index is 13.2. The van der Waals surface area contributed by atoms with E-state index in [2.05, 4.69) is 4.90 Å². The minimum Gasteiger partial charge on any atom is -0.328 e. The Bertz CT molecular complexity index is 435. The highest BCUT2D eigenvalue weighted by atomic mass is 19.2. The standard InChI is InChI=1S/C14H18F2N2/c15-13-4-1-9(5-14(13)16)8-18-11-2-3-12(18)7-10(17)6-11/h1,4-5,10-12H,2-3,6-8,17H2. The Kier molecular flexibility index (Phi) is 3.08. The Labute approximate surface area is 106 Å². The van der Waals surface area contributed by atoms with Gasteiger partial charge in [-0.2, -0.15) is 0 Å². The van der Waals surface area contributed by atoms with E-state index in [1.807, 2.05) is 0 Å². The van der Waals surface area contributed by atoms with E-state index in [1.165, 1.54) is 25.0 Å². The lowest BCUT2D eigenvalue weighted by molar-refractivity contribution is 0.120. The smallest absolute Gasteiger partial charge is 0.159 e. The van der Waals surface area contributed by atoms with Crippen molar-refractivity contribution in [1.82, 2.24) is 4.90 Å². The number of hydrogen-bond donors (Lipinski definition) is 1. The van der Waals surface area contributed by atoms with Crippen molar-refractivity contribution in [2.24, 2.45) is 5.73 Å². The summed E-state index contributed by atoms with van der Waals surface area (Å²) >= 11 is 0. The van der Waals surface area contributed by atoms with Crippen LogP contribution in [0.25, 0.3) is 0 Å². The summed E-state index contributed by atoms with van der Waals surface area (Å²) in [4.78, 5) is 2.41. The van der Waals surface area contributed by atoms with E-state index in [1.54, 1.807) is 6.07 Å². The average molecular weight is 252 g/mol. The molecule has 2 unspecified atom stereocenters. The number of hydrogen-bond acceptors (Lipinski definition) is 2. The van der Waals surface area contributed by atoms with Crippen LogP contribution in [-0.4, -0.2) is 23.0 Å². The second-order valence-electron chi connectivity index (χ2n) is 5.54. The summed E-state index contributed by atoms with van der Waals surface area (Å²) in [6, 6.07) is 5.54. The number of fused-ring (bicyclic) bond motifs is 2. The molecule has 2 aliphatic heterocycles. The molecule has 2 saturated heterocycles. The van der Waals surface area contributed by atoms with Crippen LogP contribution in [0.4, 0.5) is 8.78 Å². The molecule has 0 aliphatic carbocycles. The molecule has 2 fully saturated rings. The van der Waals surface area contributed by atoms with Crippen LogP contribution in [0.2, 0.25) is 0 Å². The molecule has 2 aliphatic rings. The third-order valence-corrected chi connectivity index (χ3v) is 4.27. The van der Waals surface area contributed by atoms with Gasteiger partial charge in [0.1, 0.15) is 0 Å². The molecule has 2 atom stereocenters. The van der Waals surface area contributed by atoms with E-state index in [-0.39, 0.29) is 0 Å². The summed E-state index contributed by atoms with van der Waals surface area (Å²) in [7, 11) is 0. The molecule has 2 nitrogen and oxygen atoms in total. The van der Waals surface area contributed by atoms with Crippen LogP contribution >= 0.6 is 0 Å². The monoisotopic (exact) mass is 252 g/mol. The van der Waals surface area contributed by atoms with Crippen LogP contribution in [0, 0.1) is 11.6 Å². The largest absolute Gasteiger partial charge is 0.328 e. The maximum absolute atomic E-state index is 13.2. The van der Waals surface area contributed by atoms with Gasteiger partial charge in [0.25, 0.3) is 0 Å². The third-order valence-electron chi connectivity index (χ3n) is 4.27. The number of benzene rings is 1. The van der Waals surface area contributed by atoms with E-state index < -0.39 is 11.6 Å². The molecule has 2 heterocycles. The predicted molar refractivity (Wildman–Crippen MR) is 65.9 cm³/mol. The molecule has 1 aromatic rings. The van der Waals surface area contributed by atoms with Gasteiger partial charge in [-0.25, -0.2) is 8.78 Å². The fourth-order valence-electron chi connectivity index (χ4n) is 3.42. The van der Waals surface area contributed by atoms with Crippen LogP contribution < -0.4 is 5.73 Å². The van der Waals surface area contributed by atoms with Crippen molar-refractivity contribution in [2.45, 2.75) is 50.4 Å². The molecule has 4 heteroatoms. The number of nitrogens with two attached hydrogens (primary N) is 1. The van der Waals surface area contributed by atoms with Crippen molar-refractivity contribution < 1.29 is 8.78 Å². The Morgan fingerprint density at radius 1 is 1.11 bits per heavy atom. The van der Waals surface area contributed by atoms with Gasteiger partial charge in [-0.05, 0) is 43.4 Å². The van der Waals surface area contributed by atoms with Gasteiger partial charge in [-0.3, -0.25) is 4.90 Å². The second kappa shape index (κ2) is 4.59. The topological polar surface area (TPSA) is 29.3 Å². The molecule has 0 aromatic heterocycles. The fraction of sp³-hybridized carbons (Fsp3) is 0.571. The van der Waals surface area contributed by atoms with Crippen molar-refractivity contribution in [3.05, 3.63) is 35.4 Å². The Hall–Kier alpha value is -1.00. The Morgan fingerprint density at radius 2 is 1.78 bits per heavy atom. The first kappa shape index (κ1) is 12.1. The first-order valence-electron chi connectivity index (χ1n) is 6.59. The minimum atomic E-state index is -0.776. The van der Waals surface area contributed by atoms with Gasteiger partial charge in [0, 0.05) is 24.7 Å². The zero-order valence-electron chi connectivity index (χ0n) is 10.3. The molecule has 1 aromatic carbocycles. The summed E-state index contributed by atoms with van der Waals surface area (Å²) in [5, 5.41) is 0. The van der Waals surface area contributed by atoms with Crippen LogP contribution in [-0.2, 0) is 6.54 Å². The zero-order chi connectivity index (χ0) is 12.7. The normalized spacial score (nSPS) is 31.8. The van der Waals surface area contributed by atoms with Crippen molar-refractivity contribution in [2.75, 3.05) is 0 Å². The Balaban J connectivity index is 1.75. The number of halogens is 2. The van der Waals surface area contributed by atoms with Crippen LogP contribution in [0.1, 0.15) is 31.2 Å². The highest BCUT2D eigenvalue weighted by molar-refractivity contribution is 5.18. The van der Waals surface area contributed by atoms with Gasteiger partial charge >= 0.3 is 0 Å². The molecule has 0 amide bonds. The van der Waals surface area contributed by atoms with E-state index in [9.17, 15) is 8.78 Å². The number of rotatable bonds is 2. The molecule has 0 radical (unpaired) electrons. The summed E-state index contributed by atoms with van der Waals surface area (Å²) in [5.74, 6) is -1.53. The molecule has 0 saturated carbocycles. The molecule has 2 N–H and O–H groups in total. The predicted octanol–water partition coefficient (Wildman–Crippen LogP) is 2.42. The molecular formula is C14H18F2N2. The van der Waals surface area contributed by atoms with E-state index >= 15 is 0 Å². The maximum Gasteiger partial charge on any atom is 0.159 e. The number of piperidine rings is 1. The lowest BCUT2D eigenvalue weighted by Crippen LogP contribution is -2.46. The summed E-state index contributed by atoms with van der Waals surface area (Å²) in [5.41, 5.74) is 6.87. The molecule has 98 valence electrons. The molecule has 0 spiro atoms. The summed E-state index contributed by atoms with van der Waals surface area (Å²) in [6.07, 6.45) is 4.42. The van der Waals surface area contributed by atoms with Gasteiger partial charge in [0.2, 0.25) is 0 Å². The van der Waals surface area contributed by atoms with E-state index in [0.29, 0.717) is 24.7 Å². The summed E-state index contributed by atoms with van der Waals surface area (Å²) in [6.45, 7) is 0.708. The van der Waals surface area contributed by atoms with Crippen LogP contribution in [0.3, 0.4) is 0 Å². The molecule has 2 bridgehead atoms. The SMILES string of the molecule is NC1CC2CCC(C1)N2Cc1ccc(F)c(F)c1. The quantitative estimate of drug-likeness (QED) is 0.876. The first-order valence-corrected chi connectivity index (χ1v) is 6.59. The molecular weight excluding hydrogens is 234 g/mol. The van der Waals surface area contributed by atoms with Gasteiger partial charge < -0.3 is 5.73 Å². The third kappa shape index (κ3) is 2.15. The first-order chi connectivity index (χ1) is 8.63. The molecule has 3 rings (SSSR count). The van der Waals surface area contributed by atoms with E-state index in [4.69, 9.17) is 5.73 Å². The van der Waals surface area contributed by atoms with Gasteiger partial charge in [-0.1, -0.05) is 6.07 Å². The van der Waals surface area contributed by atoms with Gasteiger partial charge in [-0.15, -0.1) is 0 Å². The minimum absolute atomic E-state index is 0.309. The fourth-order valence-corrected chi connectivity index (χ4v) is 3.42. The highest BCUT2D eigenvalue weighted by Gasteiger charge is 2.39.